The Morgan fingerprint density at radius 2 is 1.79 bits per heavy atom. The van der Waals surface area contributed by atoms with E-state index >= 15 is 0 Å². The Balaban J connectivity index is 1.65. The average Bonchev–Trinajstić information content (AvgIpc) is 2.78. The smallest absolute Gasteiger partial charge is 0.133 e. The number of ketones is 2. The summed E-state index contributed by atoms with van der Waals surface area (Å²) in [6.45, 7) is 9.08. The first-order valence-corrected chi connectivity index (χ1v) is 10.3. The minimum Gasteiger partial charge on any atom is -0.300 e. The normalized spacial score (nSPS) is 53.9. The molecule has 0 heterocycles. The molecule has 24 heavy (non-hydrogen) atoms. The highest BCUT2D eigenvalue weighted by Crippen LogP contribution is 2.68. The molecule has 2 unspecified atom stereocenters. The molecule has 0 saturated heterocycles. The zero-order valence-corrected chi connectivity index (χ0v) is 15.9. The van der Waals surface area contributed by atoms with Crippen molar-refractivity contribution in [2.24, 2.45) is 46.3 Å². The average molecular weight is 331 g/mol. The van der Waals surface area contributed by atoms with E-state index in [0.29, 0.717) is 28.8 Å². The van der Waals surface area contributed by atoms with Crippen molar-refractivity contribution in [2.45, 2.75) is 79.1 Å². The highest BCUT2D eigenvalue weighted by Gasteiger charge is 2.62. The van der Waals surface area contributed by atoms with Gasteiger partial charge < -0.3 is 0 Å². The van der Waals surface area contributed by atoms with Gasteiger partial charge in [0.05, 0.1) is 0 Å². The highest BCUT2D eigenvalue weighted by molar-refractivity contribution is 5.80. The Morgan fingerprint density at radius 1 is 1.04 bits per heavy atom. The summed E-state index contributed by atoms with van der Waals surface area (Å²) in [6.07, 6.45) is 9.08. The molecule has 0 bridgehead atoms. The number of fused-ring (bicyclic) bond motifs is 5. The number of hydrogen-bond donors (Lipinski definition) is 0. The van der Waals surface area contributed by atoms with Gasteiger partial charge in [0.15, 0.2) is 0 Å². The van der Waals surface area contributed by atoms with Crippen LogP contribution in [0.25, 0.3) is 0 Å². The van der Waals surface area contributed by atoms with Gasteiger partial charge in [0.1, 0.15) is 11.6 Å². The van der Waals surface area contributed by atoms with E-state index in [0.717, 1.165) is 37.0 Å². The Labute approximate surface area is 147 Å². The van der Waals surface area contributed by atoms with Crippen molar-refractivity contribution in [2.75, 3.05) is 0 Å². The second kappa shape index (κ2) is 5.42. The predicted molar refractivity (Wildman–Crippen MR) is 95.5 cm³/mol. The van der Waals surface area contributed by atoms with Crippen LogP contribution in [0.2, 0.25) is 0 Å². The first kappa shape index (κ1) is 16.8. The molecule has 4 rings (SSSR count). The fraction of sp³-hybridized carbons (Fsp3) is 0.909. The molecule has 4 aliphatic carbocycles. The van der Waals surface area contributed by atoms with Crippen molar-refractivity contribution < 1.29 is 9.59 Å². The summed E-state index contributed by atoms with van der Waals surface area (Å²) in [7, 11) is 0. The van der Waals surface area contributed by atoms with Gasteiger partial charge in [-0.05, 0) is 85.9 Å². The summed E-state index contributed by atoms with van der Waals surface area (Å²) in [6, 6.07) is 0. The molecule has 4 aliphatic rings. The van der Waals surface area contributed by atoms with Crippen LogP contribution >= 0.6 is 0 Å². The third-order valence-corrected chi connectivity index (χ3v) is 9.26. The third-order valence-electron chi connectivity index (χ3n) is 9.26. The molecular formula is C22H34O2. The van der Waals surface area contributed by atoms with E-state index in [9.17, 15) is 9.59 Å². The first-order chi connectivity index (χ1) is 11.3. The highest BCUT2D eigenvalue weighted by atomic mass is 16.1. The zero-order valence-electron chi connectivity index (χ0n) is 15.9. The maximum atomic E-state index is 12.4. The zero-order chi connectivity index (χ0) is 17.3. The molecular weight excluding hydrogens is 296 g/mol. The van der Waals surface area contributed by atoms with Gasteiger partial charge in [-0.1, -0.05) is 20.8 Å². The van der Waals surface area contributed by atoms with Gasteiger partial charge in [0, 0.05) is 18.8 Å². The van der Waals surface area contributed by atoms with E-state index in [4.69, 9.17) is 0 Å². The van der Waals surface area contributed by atoms with Crippen LogP contribution in [0.5, 0.6) is 0 Å². The lowest BCUT2D eigenvalue weighted by Gasteiger charge is -2.60. The summed E-state index contributed by atoms with van der Waals surface area (Å²) in [5.41, 5.74) is 0.621. The lowest BCUT2D eigenvalue weighted by atomic mass is 9.44. The number of carbonyl (C=O) groups excluding carboxylic acids is 2. The van der Waals surface area contributed by atoms with Crippen molar-refractivity contribution in [1.82, 2.24) is 0 Å². The maximum absolute atomic E-state index is 12.4. The molecule has 134 valence electrons. The largest absolute Gasteiger partial charge is 0.300 e. The summed E-state index contributed by atoms with van der Waals surface area (Å²) in [4.78, 5) is 24.3. The topological polar surface area (TPSA) is 34.1 Å². The number of hydrogen-bond acceptors (Lipinski definition) is 2. The number of Topliss-reactive ketones (excluding diaryl/α,β-unsaturated/α-hetero) is 2. The molecule has 8 atom stereocenters. The van der Waals surface area contributed by atoms with Gasteiger partial charge in [-0.25, -0.2) is 0 Å². The monoisotopic (exact) mass is 330 g/mol. The summed E-state index contributed by atoms with van der Waals surface area (Å²) in [5, 5.41) is 0. The Hall–Kier alpha value is -0.660. The molecule has 0 spiro atoms. The minimum absolute atomic E-state index is 0.236. The van der Waals surface area contributed by atoms with Crippen LogP contribution in [0.3, 0.4) is 0 Å². The van der Waals surface area contributed by atoms with Gasteiger partial charge in [-0.15, -0.1) is 0 Å². The van der Waals surface area contributed by atoms with E-state index in [2.05, 4.69) is 20.8 Å². The van der Waals surface area contributed by atoms with Crippen LogP contribution < -0.4 is 0 Å². The second-order valence-corrected chi connectivity index (χ2v) is 10.2. The molecule has 0 aromatic rings. The van der Waals surface area contributed by atoms with Crippen molar-refractivity contribution in [3.63, 3.8) is 0 Å². The lowest BCUT2D eigenvalue weighted by Crippen LogP contribution is -2.53. The maximum Gasteiger partial charge on any atom is 0.133 e. The summed E-state index contributed by atoms with van der Waals surface area (Å²) >= 11 is 0. The van der Waals surface area contributed by atoms with Crippen LogP contribution in [0.1, 0.15) is 79.1 Å². The standard InChI is InChI=1S/C22H34O2/c1-13-11-19-17-6-5-15-12-16(24)7-9-21(15,3)18(17)8-10-22(19,4)20(13)14(2)23/h13,15,17-20H,5-12H2,1-4H3/t13?,15?,17-,18+,19+,20-,21+,22+/m1/s1. The van der Waals surface area contributed by atoms with E-state index in [1.807, 2.05) is 6.92 Å². The molecule has 0 aliphatic heterocycles. The van der Waals surface area contributed by atoms with E-state index in [-0.39, 0.29) is 11.3 Å². The Morgan fingerprint density at radius 3 is 2.50 bits per heavy atom. The molecule has 0 amide bonds. The molecule has 0 aromatic heterocycles. The van der Waals surface area contributed by atoms with Crippen molar-refractivity contribution in [1.29, 1.82) is 0 Å². The van der Waals surface area contributed by atoms with E-state index in [1.165, 1.54) is 32.1 Å². The lowest BCUT2D eigenvalue weighted by molar-refractivity contribution is -0.143. The van der Waals surface area contributed by atoms with Crippen molar-refractivity contribution in [3.05, 3.63) is 0 Å². The molecule has 0 radical (unpaired) electrons. The molecule has 0 N–H and O–H groups in total. The van der Waals surface area contributed by atoms with Crippen LogP contribution in [-0.2, 0) is 9.59 Å². The molecule has 4 saturated carbocycles. The molecule has 4 fully saturated rings. The van der Waals surface area contributed by atoms with Gasteiger partial charge in [-0.3, -0.25) is 9.59 Å². The SMILES string of the molecule is CC(=O)[C@H]1C(C)C[C@H]2[C@@H]3CCC4CC(=O)CC[C@]4(C)[C@H]3CC[C@]12C. The fourth-order valence-corrected chi connectivity index (χ4v) is 8.27. The first-order valence-electron chi connectivity index (χ1n) is 10.3. The number of carbonyl (C=O) groups is 2. The fourth-order valence-electron chi connectivity index (χ4n) is 8.27. The van der Waals surface area contributed by atoms with Gasteiger partial charge in [0.2, 0.25) is 0 Å². The van der Waals surface area contributed by atoms with Crippen LogP contribution in [0.15, 0.2) is 0 Å². The van der Waals surface area contributed by atoms with Crippen LogP contribution in [0, 0.1) is 46.3 Å². The van der Waals surface area contributed by atoms with Gasteiger partial charge >= 0.3 is 0 Å². The van der Waals surface area contributed by atoms with Crippen molar-refractivity contribution >= 4 is 11.6 Å². The molecule has 0 aromatic carbocycles. The van der Waals surface area contributed by atoms with Gasteiger partial charge in [-0.2, -0.15) is 0 Å². The van der Waals surface area contributed by atoms with E-state index < -0.39 is 0 Å². The number of rotatable bonds is 1. The summed E-state index contributed by atoms with van der Waals surface area (Å²) in [5.74, 6) is 4.71. The molecule has 2 heteroatoms. The van der Waals surface area contributed by atoms with Crippen molar-refractivity contribution in [3.8, 4) is 0 Å². The van der Waals surface area contributed by atoms with Gasteiger partial charge in [0.25, 0.3) is 0 Å². The summed E-state index contributed by atoms with van der Waals surface area (Å²) < 4.78 is 0. The predicted octanol–water partition coefficient (Wildman–Crippen LogP) is 5.05. The third kappa shape index (κ3) is 2.13. The van der Waals surface area contributed by atoms with Crippen LogP contribution in [-0.4, -0.2) is 11.6 Å². The van der Waals surface area contributed by atoms with E-state index in [1.54, 1.807) is 0 Å². The Bertz CT molecular complexity index is 566. The molecule has 2 nitrogen and oxygen atoms in total. The Kier molecular flexibility index (Phi) is 3.79. The van der Waals surface area contributed by atoms with Crippen LogP contribution in [0.4, 0.5) is 0 Å². The minimum atomic E-state index is 0.236. The second-order valence-electron chi connectivity index (χ2n) is 10.2. The quantitative estimate of drug-likeness (QED) is 0.674.